The largest absolute Gasteiger partial charge is 0.497 e. The number of carbonyl (C=O) groups excluding carboxylic acids is 2. The Balaban J connectivity index is 1.96. The molecule has 5 nitrogen and oxygen atoms in total. The van der Waals surface area contributed by atoms with Gasteiger partial charge in [0.15, 0.2) is 5.78 Å². The molecular formula is C22H22FNO4. The number of halogens is 1. The third kappa shape index (κ3) is 4.22. The van der Waals surface area contributed by atoms with Crippen molar-refractivity contribution < 1.29 is 23.5 Å². The zero-order chi connectivity index (χ0) is 20.1. The number of anilines is 1. The van der Waals surface area contributed by atoms with E-state index in [-0.39, 0.29) is 18.1 Å². The molecule has 1 aliphatic rings. The maximum absolute atomic E-state index is 14.0. The number of nitrogens with one attached hydrogen (secondary N) is 1. The van der Waals surface area contributed by atoms with Crippen molar-refractivity contribution in [1.29, 1.82) is 0 Å². The Bertz CT molecular complexity index is 909. The standard InChI is InChI=1S/C22H22FNO4/c1-3-28-22(26)21-17(14-7-6-8-16(11-14)27-2)12-15(13-20(21)25)24-19-10-5-4-9-18(19)23/h4-11,13,17,21,24H,3,12H2,1-2H3/t17-,21+/m0/s1. The maximum atomic E-state index is 14.0. The monoisotopic (exact) mass is 383 g/mol. The van der Waals surface area contributed by atoms with Crippen LogP contribution in [0.4, 0.5) is 10.1 Å². The second kappa shape index (κ2) is 8.69. The maximum Gasteiger partial charge on any atom is 0.317 e. The van der Waals surface area contributed by atoms with Gasteiger partial charge in [-0.2, -0.15) is 0 Å². The fraction of sp³-hybridized carbons (Fsp3) is 0.273. The van der Waals surface area contributed by atoms with E-state index in [0.717, 1.165) is 5.56 Å². The molecule has 0 unspecified atom stereocenters. The Morgan fingerprint density at radius 2 is 2.00 bits per heavy atom. The number of rotatable bonds is 6. The van der Waals surface area contributed by atoms with Crippen LogP contribution >= 0.6 is 0 Å². The first-order valence-corrected chi connectivity index (χ1v) is 9.10. The summed E-state index contributed by atoms with van der Waals surface area (Å²) in [6.45, 7) is 1.89. The molecule has 0 spiro atoms. The van der Waals surface area contributed by atoms with Crippen molar-refractivity contribution in [2.75, 3.05) is 19.0 Å². The van der Waals surface area contributed by atoms with E-state index < -0.39 is 23.6 Å². The molecule has 0 aliphatic heterocycles. The third-order valence-electron chi connectivity index (χ3n) is 4.70. The van der Waals surface area contributed by atoms with E-state index in [1.165, 1.54) is 12.1 Å². The molecule has 2 atom stereocenters. The van der Waals surface area contributed by atoms with E-state index in [1.54, 1.807) is 44.4 Å². The highest BCUT2D eigenvalue weighted by molar-refractivity contribution is 6.07. The Labute approximate surface area is 163 Å². The lowest BCUT2D eigenvalue weighted by atomic mass is 9.76. The average molecular weight is 383 g/mol. The Hall–Kier alpha value is -3.15. The first kappa shape index (κ1) is 19.6. The number of carbonyl (C=O) groups is 2. The summed E-state index contributed by atoms with van der Waals surface area (Å²) in [5, 5.41) is 2.98. The molecule has 0 radical (unpaired) electrons. The van der Waals surface area contributed by atoms with Crippen LogP contribution in [0.15, 0.2) is 60.3 Å². The molecule has 0 fully saturated rings. The van der Waals surface area contributed by atoms with Gasteiger partial charge in [-0.05, 0) is 43.2 Å². The number of ether oxygens (including phenoxy) is 2. The smallest absolute Gasteiger partial charge is 0.317 e. The van der Waals surface area contributed by atoms with Crippen molar-refractivity contribution in [3.8, 4) is 5.75 Å². The lowest BCUT2D eigenvalue weighted by molar-refractivity contribution is -0.151. The summed E-state index contributed by atoms with van der Waals surface area (Å²) in [4.78, 5) is 25.3. The summed E-state index contributed by atoms with van der Waals surface area (Å²) < 4.78 is 24.4. The van der Waals surface area contributed by atoms with Gasteiger partial charge in [0.1, 0.15) is 17.5 Å². The van der Waals surface area contributed by atoms with Crippen LogP contribution in [0.2, 0.25) is 0 Å². The minimum atomic E-state index is -0.946. The van der Waals surface area contributed by atoms with Gasteiger partial charge < -0.3 is 14.8 Å². The second-order valence-corrected chi connectivity index (χ2v) is 6.49. The van der Waals surface area contributed by atoms with Crippen LogP contribution in [0.1, 0.15) is 24.8 Å². The van der Waals surface area contributed by atoms with Gasteiger partial charge in [-0.15, -0.1) is 0 Å². The van der Waals surface area contributed by atoms with E-state index in [2.05, 4.69) is 5.32 Å². The van der Waals surface area contributed by atoms with Gasteiger partial charge in [0.05, 0.1) is 19.4 Å². The van der Waals surface area contributed by atoms with Crippen LogP contribution in [0, 0.1) is 11.7 Å². The number of benzene rings is 2. The molecule has 3 rings (SSSR count). The molecule has 28 heavy (non-hydrogen) atoms. The van der Waals surface area contributed by atoms with Crippen LogP contribution in [0.3, 0.4) is 0 Å². The van der Waals surface area contributed by atoms with Gasteiger partial charge in [0.2, 0.25) is 0 Å². The molecule has 1 N–H and O–H groups in total. The molecule has 2 aromatic carbocycles. The van der Waals surface area contributed by atoms with Gasteiger partial charge in [0, 0.05) is 17.7 Å². The zero-order valence-corrected chi connectivity index (χ0v) is 15.8. The molecule has 0 amide bonds. The summed E-state index contributed by atoms with van der Waals surface area (Å²) in [5.74, 6) is -2.09. The highest BCUT2D eigenvalue weighted by Crippen LogP contribution is 2.38. The van der Waals surface area contributed by atoms with Gasteiger partial charge in [-0.3, -0.25) is 9.59 Å². The molecule has 2 aromatic rings. The molecule has 0 saturated heterocycles. The fourth-order valence-electron chi connectivity index (χ4n) is 3.39. The number of methoxy groups -OCH3 is 1. The lowest BCUT2D eigenvalue weighted by Gasteiger charge is -2.30. The minimum absolute atomic E-state index is 0.192. The van der Waals surface area contributed by atoms with Crippen LogP contribution < -0.4 is 10.1 Å². The van der Waals surface area contributed by atoms with Crippen molar-refractivity contribution in [3.05, 3.63) is 71.7 Å². The molecule has 0 aromatic heterocycles. The Morgan fingerprint density at radius 1 is 1.21 bits per heavy atom. The summed E-state index contributed by atoms with van der Waals surface area (Å²) in [6.07, 6.45) is 1.72. The van der Waals surface area contributed by atoms with Crippen molar-refractivity contribution in [2.24, 2.45) is 5.92 Å². The molecule has 146 valence electrons. The Morgan fingerprint density at radius 3 is 2.71 bits per heavy atom. The number of hydrogen-bond acceptors (Lipinski definition) is 5. The van der Waals surface area contributed by atoms with E-state index in [1.807, 2.05) is 12.1 Å². The minimum Gasteiger partial charge on any atom is -0.497 e. The van der Waals surface area contributed by atoms with Crippen molar-refractivity contribution in [2.45, 2.75) is 19.3 Å². The van der Waals surface area contributed by atoms with E-state index in [0.29, 0.717) is 17.9 Å². The van der Waals surface area contributed by atoms with Crippen molar-refractivity contribution >= 4 is 17.4 Å². The highest BCUT2D eigenvalue weighted by atomic mass is 19.1. The van der Waals surface area contributed by atoms with Gasteiger partial charge in [-0.1, -0.05) is 24.3 Å². The topological polar surface area (TPSA) is 64.6 Å². The normalized spacial score (nSPS) is 19.0. The number of para-hydroxylation sites is 1. The number of esters is 1. The van der Waals surface area contributed by atoms with Crippen LogP contribution in [-0.4, -0.2) is 25.5 Å². The van der Waals surface area contributed by atoms with Gasteiger partial charge >= 0.3 is 5.97 Å². The summed E-state index contributed by atoms with van der Waals surface area (Å²) >= 11 is 0. The van der Waals surface area contributed by atoms with E-state index >= 15 is 0 Å². The van der Waals surface area contributed by atoms with Crippen LogP contribution in [0.25, 0.3) is 0 Å². The Kier molecular flexibility index (Phi) is 6.09. The summed E-state index contributed by atoms with van der Waals surface area (Å²) in [6, 6.07) is 13.5. The lowest BCUT2D eigenvalue weighted by Crippen LogP contribution is -2.35. The van der Waals surface area contributed by atoms with Gasteiger partial charge in [-0.25, -0.2) is 4.39 Å². The number of ketones is 1. The molecule has 0 heterocycles. The zero-order valence-electron chi connectivity index (χ0n) is 15.8. The molecule has 0 bridgehead atoms. The first-order valence-electron chi connectivity index (χ1n) is 9.10. The SMILES string of the molecule is CCOC(=O)[C@H]1C(=O)C=C(Nc2ccccc2F)C[C@H]1c1cccc(OC)c1. The number of allylic oxidation sites excluding steroid dienone is 2. The summed E-state index contributed by atoms with van der Waals surface area (Å²) in [7, 11) is 1.55. The van der Waals surface area contributed by atoms with Crippen molar-refractivity contribution in [3.63, 3.8) is 0 Å². The average Bonchev–Trinajstić information content (AvgIpc) is 2.69. The quantitative estimate of drug-likeness (QED) is 0.602. The predicted molar refractivity (Wildman–Crippen MR) is 104 cm³/mol. The van der Waals surface area contributed by atoms with Crippen LogP contribution in [-0.2, 0) is 14.3 Å². The fourth-order valence-corrected chi connectivity index (χ4v) is 3.39. The molecular weight excluding hydrogens is 361 g/mol. The van der Waals surface area contributed by atoms with E-state index in [4.69, 9.17) is 9.47 Å². The van der Waals surface area contributed by atoms with E-state index in [9.17, 15) is 14.0 Å². The van der Waals surface area contributed by atoms with Crippen molar-refractivity contribution in [1.82, 2.24) is 0 Å². The first-order chi connectivity index (χ1) is 13.5. The van der Waals surface area contributed by atoms with Crippen LogP contribution in [0.5, 0.6) is 5.75 Å². The molecule has 1 aliphatic carbocycles. The summed E-state index contributed by atoms with van der Waals surface area (Å²) in [5.41, 5.74) is 1.61. The second-order valence-electron chi connectivity index (χ2n) is 6.49. The highest BCUT2D eigenvalue weighted by Gasteiger charge is 2.39. The predicted octanol–water partition coefficient (Wildman–Crippen LogP) is 4.07. The number of hydrogen-bond donors (Lipinski definition) is 1. The third-order valence-corrected chi connectivity index (χ3v) is 4.70. The molecule has 0 saturated carbocycles. The molecule has 6 heteroatoms. The van der Waals surface area contributed by atoms with Gasteiger partial charge in [0.25, 0.3) is 0 Å².